The Morgan fingerprint density at radius 3 is 3.05 bits per heavy atom. The van der Waals surface area contributed by atoms with E-state index in [2.05, 4.69) is 4.98 Å². The van der Waals surface area contributed by atoms with Crippen LogP contribution in [0.1, 0.15) is 11.3 Å². The molecule has 100 valence electrons. The van der Waals surface area contributed by atoms with Crippen LogP contribution >= 0.6 is 11.3 Å². The van der Waals surface area contributed by atoms with Crippen LogP contribution in [0.15, 0.2) is 29.8 Å². The predicted octanol–water partition coefficient (Wildman–Crippen LogP) is 2.69. The van der Waals surface area contributed by atoms with Crippen molar-refractivity contribution in [3.8, 4) is 17.7 Å². The van der Waals surface area contributed by atoms with Gasteiger partial charge in [-0.05, 0) is 18.2 Å². The van der Waals surface area contributed by atoms with Gasteiger partial charge in [-0.2, -0.15) is 10.2 Å². The largest absolute Gasteiger partial charge is 0.434 e. The number of rotatable bonds is 3. The number of thiazole rings is 1. The second-order valence-electron chi connectivity index (χ2n) is 3.94. The minimum atomic E-state index is -0.649. The van der Waals surface area contributed by atoms with E-state index in [1.165, 1.54) is 23.5 Å². The molecule has 0 aliphatic heterocycles. The van der Waals surface area contributed by atoms with Gasteiger partial charge in [0.25, 0.3) is 0 Å². The molecule has 1 aromatic carbocycles. The number of aliphatic hydroxyl groups is 1. The van der Waals surface area contributed by atoms with Crippen molar-refractivity contribution >= 4 is 16.3 Å². The first kappa shape index (κ1) is 12.6. The molecule has 2 aromatic heterocycles. The summed E-state index contributed by atoms with van der Waals surface area (Å²) in [5.41, 5.74) is 0.660. The Morgan fingerprint density at radius 2 is 2.35 bits per heavy atom. The number of nitrogens with zero attached hydrogens (tertiary/aromatic N) is 3. The predicted molar refractivity (Wildman–Crippen MR) is 70.2 cm³/mol. The lowest BCUT2D eigenvalue weighted by molar-refractivity contribution is 0.269. The van der Waals surface area contributed by atoms with E-state index in [1.54, 1.807) is 10.6 Å². The van der Waals surface area contributed by atoms with Gasteiger partial charge in [0, 0.05) is 11.6 Å². The maximum atomic E-state index is 13.8. The molecular weight excluding hydrogens is 281 g/mol. The number of imidazole rings is 1. The molecule has 1 N–H and O–H groups in total. The van der Waals surface area contributed by atoms with Gasteiger partial charge in [-0.15, -0.1) is 11.3 Å². The molecule has 7 heteroatoms. The summed E-state index contributed by atoms with van der Waals surface area (Å²) >= 11 is 1.38. The molecule has 0 amide bonds. The molecule has 0 fully saturated rings. The Bertz CT molecular complexity index is 819. The maximum absolute atomic E-state index is 13.8. The summed E-state index contributed by atoms with van der Waals surface area (Å²) < 4.78 is 20.9. The van der Waals surface area contributed by atoms with E-state index in [9.17, 15) is 9.50 Å². The maximum Gasteiger partial charge on any atom is 0.244 e. The highest BCUT2D eigenvalue weighted by molar-refractivity contribution is 7.15. The number of nitriles is 1. The zero-order valence-electron chi connectivity index (χ0n) is 10.1. The van der Waals surface area contributed by atoms with Crippen LogP contribution in [0.5, 0.6) is 11.6 Å². The number of aromatic nitrogens is 2. The topological polar surface area (TPSA) is 70.5 Å². The van der Waals surface area contributed by atoms with E-state index in [0.29, 0.717) is 10.7 Å². The third-order valence-corrected chi connectivity index (χ3v) is 3.50. The fraction of sp³-hybridized carbons (Fsp3) is 0.0769. The summed E-state index contributed by atoms with van der Waals surface area (Å²) in [4.78, 5) is 4.84. The summed E-state index contributed by atoms with van der Waals surface area (Å²) in [6.45, 7) is -0.273. The molecule has 3 rings (SSSR count). The minimum Gasteiger partial charge on any atom is -0.434 e. The van der Waals surface area contributed by atoms with E-state index in [4.69, 9.17) is 10.00 Å². The first-order valence-corrected chi connectivity index (χ1v) is 6.53. The van der Waals surface area contributed by atoms with Crippen molar-refractivity contribution in [2.45, 2.75) is 6.61 Å². The SMILES string of the molecule is N#Cc1ccc(Oc2nc3sccn3c2CO)c(F)c1. The van der Waals surface area contributed by atoms with Crippen LogP contribution in [0.4, 0.5) is 4.39 Å². The normalized spacial score (nSPS) is 10.7. The summed E-state index contributed by atoms with van der Waals surface area (Å²) in [7, 11) is 0. The molecule has 0 unspecified atom stereocenters. The van der Waals surface area contributed by atoms with E-state index >= 15 is 0 Å². The highest BCUT2D eigenvalue weighted by Gasteiger charge is 2.16. The monoisotopic (exact) mass is 289 g/mol. The first-order chi connectivity index (χ1) is 9.72. The molecule has 0 aliphatic carbocycles. The smallest absolute Gasteiger partial charge is 0.244 e. The third-order valence-electron chi connectivity index (χ3n) is 2.74. The number of fused-ring (bicyclic) bond motifs is 1. The fourth-order valence-electron chi connectivity index (χ4n) is 1.80. The number of hydrogen-bond donors (Lipinski definition) is 1. The standard InChI is InChI=1S/C13H8FN3O2S/c14-9-5-8(6-15)1-2-11(9)19-12-10(7-18)17-3-4-20-13(17)16-12/h1-5,18H,7H2. The lowest BCUT2D eigenvalue weighted by Gasteiger charge is -2.05. The number of benzene rings is 1. The molecule has 0 spiro atoms. The lowest BCUT2D eigenvalue weighted by atomic mass is 10.2. The van der Waals surface area contributed by atoms with Crippen LogP contribution < -0.4 is 4.74 Å². The van der Waals surface area contributed by atoms with Crippen molar-refractivity contribution < 1.29 is 14.2 Å². The van der Waals surface area contributed by atoms with Gasteiger partial charge in [-0.1, -0.05) is 0 Å². The summed E-state index contributed by atoms with van der Waals surface area (Å²) in [6.07, 6.45) is 1.75. The molecule has 5 nitrogen and oxygen atoms in total. The Kier molecular flexibility index (Phi) is 3.10. The van der Waals surface area contributed by atoms with Crippen LogP contribution in [-0.2, 0) is 6.61 Å². The van der Waals surface area contributed by atoms with Gasteiger partial charge in [-0.25, -0.2) is 4.39 Å². The molecule has 2 heterocycles. The zero-order chi connectivity index (χ0) is 14.1. The van der Waals surface area contributed by atoms with Crippen molar-refractivity contribution in [2.24, 2.45) is 0 Å². The number of ether oxygens (including phenoxy) is 1. The van der Waals surface area contributed by atoms with Crippen molar-refractivity contribution in [1.82, 2.24) is 9.38 Å². The summed E-state index contributed by atoms with van der Waals surface area (Å²) in [5, 5.41) is 19.9. The zero-order valence-corrected chi connectivity index (χ0v) is 10.9. The van der Waals surface area contributed by atoms with Crippen LogP contribution in [-0.4, -0.2) is 14.5 Å². The van der Waals surface area contributed by atoms with Gasteiger partial charge in [-0.3, -0.25) is 4.40 Å². The second-order valence-corrected chi connectivity index (χ2v) is 4.81. The third kappa shape index (κ3) is 2.01. The fourth-order valence-corrected chi connectivity index (χ4v) is 2.52. The van der Waals surface area contributed by atoms with Crippen molar-refractivity contribution in [1.29, 1.82) is 5.26 Å². The Labute approximate surface area is 117 Å². The number of aliphatic hydroxyl groups excluding tert-OH is 1. The van der Waals surface area contributed by atoms with E-state index < -0.39 is 5.82 Å². The highest BCUT2D eigenvalue weighted by Crippen LogP contribution is 2.29. The van der Waals surface area contributed by atoms with Gasteiger partial charge in [0.2, 0.25) is 5.88 Å². The van der Waals surface area contributed by atoms with Gasteiger partial charge in [0.05, 0.1) is 18.2 Å². The summed E-state index contributed by atoms with van der Waals surface area (Å²) in [6, 6.07) is 5.75. The van der Waals surface area contributed by atoms with Gasteiger partial charge < -0.3 is 9.84 Å². The molecule has 20 heavy (non-hydrogen) atoms. The minimum absolute atomic E-state index is 0.0375. The van der Waals surface area contributed by atoms with E-state index in [0.717, 1.165) is 6.07 Å². The quantitative estimate of drug-likeness (QED) is 0.804. The van der Waals surface area contributed by atoms with E-state index in [-0.39, 0.29) is 23.8 Å². The first-order valence-electron chi connectivity index (χ1n) is 5.65. The van der Waals surface area contributed by atoms with Crippen LogP contribution in [0.2, 0.25) is 0 Å². The summed E-state index contributed by atoms with van der Waals surface area (Å²) in [5.74, 6) is -0.531. The Balaban J connectivity index is 2.01. The molecule has 0 aliphatic rings. The number of hydrogen-bond acceptors (Lipinski definition) is 5. The molecule has 0 saturated carbocycles. The highest BCUT2D eigenvalue weighted by atomic mass is 32.1. The second kappa shape index (κ2) is 4.92. The number of halogens is 1. The van der Waals surface area contributed by atoms with Gasteiger partial charge in [0.15, 0.2) is 16.5 Å². The van der Waals surface area contributed by atoms with Gasteiger partial charge in [0.1, 0.15) is 5.69 Å². The molecule has 0 atom stereocenters. The molecule has 0 saturated heterocycles. The molecule has 0 bridgehead atoms. The average Bonchev–Trinajstić information content (AvgIpc) is 3.01. The van der Waals surface area contributed by atoms with Crippen LogP contribution in [0, 0.1) is 17.1 Å². The Hall–Kier alpha value is -2.43. The van der Waals surface area contributed by atoms with E-state index in [1.807, 2.05) is 11.4 Å². The average molecular weight is 289 g/mol. The van der Waals surface area contributed by atoms with Gasteiger partial charge >= 0.3 is 0 Å². The molecule has 0 radical (unpaired) electrons. The van der Waals surface area contributed by atoms with Crippen LogP contribution in [0.25, 0.3) is 4.96 Å². The molecular formula is C13H8FN3O2S. The van der Waals surface area contributed by atoms with Crippen molar-refractivity contribution in [3.63, 3.8) is 0 Å². The Morgan fingerprint density at radius 1 is 1.50 bits per heavy atom. The van der Waals surface area contributed by atoms with Crippen LogP contribution in [0.3, 0.4) is 0 Å². The molecule has 3 aromatic rings. The lowest BCUT2D eigenvalue weighted by Crippen LogP contribution is -1.95. The van der Waals surface area contributed by atoms with Crippen molar-refractivity contribution in [3.05, 3.63) is 46.9 Å². The van der Waals surface area contributed by atoms with Crippen molar-refractivity contribution in [2.75, 3.05) is 0 Å².